The molecule has 88 valence electrons. The predicted molar refractivity (Wildman–Crippen MR) is 63.9 cm³/mol. The molecule has 0 aliphatic rings. The largest absolute Gasteiger partial charge is 0.497 e. The van der Waals surface area contributed by atoms with E-state index in [4.69, 9.17) is 10.5 Å². The van der Waals surface area contributed by atoms with Crippen molar-refractivity contribution in [2.45, 2.75) is 0 Å². The van der Waals surface area contributed by atoms with E-state index in [0.29, 0.717) is 11.4 Å². The second kappa shape index (κ2) is 4.56. The van der Waals surface area contributed by atoms with Crippen LogP contribution in [0.15, 0.2) is 30.3 Å². The summed E-state index contributed by atoms with van der Waals surface area (Å²) in [6.07, 6.45) is 0. The monoisotopic (exact) mass is 232 g/mol. The van der Waals surface area contributed by atoms with Gasteiger partial charge in [-0.25, -0.2) is 0 Å². The Morgan fingerprint density at radius 2 is 2.12 bits per heavy atom. The molecule has 17 heavy (non-hydrogen) atoms. The minimum Gasteiger partial charge on any atom is -0.497 e. The fraction of sp³-hybridized carbons (Fsp3) is 0.0909. The Morgan fingerprint density at radius 1 is 1.41 bits per heavy atom. The smallest absolute Gasteiger partial charge is 0.273 e. The Morgan fingerprint density at radius 3 is 2.65 bits per heavy atom. The molecule has 0 saturated heterocycles. The fourth-order valence-corrected chi connectivity index (χ4v) is 1.33. The van der Waals surface area contributed by atoms with Crippen molar-refractivity contribution in [2.24, 2.45) is 0 Å². The molecule has 0 spiro atoms. The third-order valence-electron chi connectivity index (χ3n) is 2.19. The van der Waals surface area contributed by atoms with Crippen LogP contribution in [0.5, 0.6) is 5.75 Å². The molecule has 1 heterocycles. The number of nitrogen functional groups attached to an aromatic ring is 1. The second-order valence-electron chi connectivity index (χ2n) is 3.39. The lowest BCUT2D eigenvalue weighted by atomic mass is 10.3. The molecule has 0 bridgehead atoms. The maximum Gasteiger partial charge on any atom is 0.273 e. The number of ether oxygens (including phenoxy) is 1. The molecule has 0 aliphatic heterocycles. The van der Waals surface area contributed by atoms with Gasteiger partial charge in [0.25, 0.3) is 5.91 Å². The van der Waals surface area contributed by atoms with Crippen LogP contribution in [-0.2, 0) is 0 Å². The van der Waals surface area contributed by atoms with Gasteiger partial charge in [0.05, 0.1) is 7.11 Å². The molecule has 4 N–H and O–H groups in total. The molecule has 0 aliphatic carbocycles. The third kappa shape index (κ3) is 2.54. The highest BCUT2D eigenvalue weighted by Crippen LogP contribution is 2.15. The Kier molecular flexibility index (Phi) is 2.95. The molecule has 0 radical (unpaired) electrons. The number of nitrogens with zero attached hydrogens (tertiary/aromatic N) is 1. The van der Waals surface area contributed by atoms with Crippen LogP contribution < -0.4 is 15.8 Å². The molecule has 2 rings (SSSR count). The summed E-state index contributed by atoms with van der Waals surface area (Å²) in [5, 5.41) is 8.92. The van der Waals surface area contributed by atoms with Crippen molar-refractivity contribution in [3.05, 3.63) is 36.0 Å². The van der Waals surface area contributed by atoms with E-state index in [2.05, 4.69) is 15.5 Å². The van der Waals surface area contributed by atoms with Gasteiger partial charge in [-0.05, 0) is 24.3 Å². The number of hydrogen-bond donors (Lipinski definition) is 3. The van der Waals surface area contributed by atoms with Gasteiger partial charge in [0.2, 0.25) is 0 Å². The number of rotatable bonds is 3. The molecular formula is C11H12N4O2. The van der Waals surface area contributed by atoms with Crippen molar-refractivity contribution in [3.63, 3.8) is 0 Å². The number of carbonyl (C=O) groups excluding carboxylic acids is 1. The van der Waals surface area contributed by atoms with Gasteiger partial charge in [-0.15, -0.1) is 0 Å². The van der Waals surface area contributed by atoms with Crippen LogP contribution >= 0.6 is 0 Å². The van der Waals surface area contributed by atoms with E-state index in [1.165, 1.54) is 6.07 Å². The van der Waals surface area contributed by atoms with Crippen molar-refractivity contribution in [1.82, 2.24) is 10.2 Å². The molecule has 0 saturated carbocycles. The Labute approximate surface area is 97.8 Å². The van der Waals surface area contributed by atoms with Crippen molar-refractivity contribution in [2.75, 3.05) is 18.2 Å². The molecule has 1 aromatic carbocycles. The summed E-state index contributed by atoms with van der Waals surface area (Å²) in [5.41, 5.74) is 6.40. The molecule has 1 amide bonds. The van der Waals surface area contributed by atoms with Gasteiger partial charge in [0.15, 0.2) is 0 Å². The number of hydrogen-bond acceptors (Lipinski definition) is 4. The summed E-state index contributed by atoms with van der Waals surface area (Å²) in [4.78, 5) is 11.7. The van der Waals surface area contributed by atoms with Crippen molar-refractivity contribution in [1.29, 1.82) is 0 Å². The number of aromatic nitrogens is 2. The molecule has 0 unspecified atom stereocenters. The molecule has 0 atom stereocenters. The number of aromatic amines is 1. The summed E-state index contributed by atoms with van der Waals surface area (Å²) < 4.78 is 5.02. The van der Waals surface area contributed by atoms with Gasteiger partial charge >= 0.3 is 0 Å². The average Bonchev–Trinajstić information content (AvgIpc) is 2.77. The first-order valence-electron chi connectivity index (χ1n) is 4.95. The Bertz CT molecular complexity index is 519. The van der Waals surface area contributed by atoms with Crippen molar-refractivity contribution >= 4 is 17.4 Å². The third-order valence-corrected chi connectivity index (χ3v) is 2.19. The van der Waals surface area contributed by atoms with E-state index in [1.807, 2.05) is 0 Å². The maximum absolute atomic E-state index is 11.7. The van der Waals surface area contributed by atoms with Gasteiger partial charge < -0.3 is 15.8 Å². The summed E-state index contributed by atoms with van der Waals surface area (Å²) in [7, 11) is 1.58. The quantitative estimate of drug-likeness (QED) is 0.742. The van der Waals surface area contributed by atoms with Gasteiger partial charge in [0.1, 0.15) is 17.3 Å². The van der Waals surface area contributed by atoms with Crippen LogP contribution in [0.3, 0.4) is 0 Å². The second-order valence-corrected chi connectivity index (χ2v) is 3.39. The van der Waals surface area contributed by atoms with E-state index >= 15 is 0 Å². The Hall–Kier alpha value is -2.50. The number of benzene rings is 1. The average molecular weight is 232 g/mol. The maximum atomic E-state index is 11.7. The number of amides is 1. The van der Waals surface area contributed by atoms with Crippen LogP contribution in [0, 0.1) is 0 Å². The van der Waals surface area contributed by atoms with Crippen molar-refractivity contribution < 1.29 is 9.53 Å². The molecule has 6 heteroatoms. The van der Waals surface area contributed by atoms with Gasteiger partial charge in [-0.1, -0.05) is 0 Å². The number of anilines is 2. The van der Waals surface area contributed by atoms with E-state index in [-0.39, 0.29) is 11.7 Å². The highest BCUT2D eigenvalue weighted by Gasteiger charge is 2.08. The molecule has 6 nitrogen and oxygen atoms in total. The van der Waals surface area contributed by atoms with Gasteiger partial charge in [-0.2, -0.15) is 5.10 Å². The first-order chi connectivity index (χ1) is 8.19. The summed E-state index contributed by atoms with van der Waals surface area (Å²) in [6, 6.07) is 8.49. The van der Waals surface area contributed by atoms with E-state index in [1.54, 1.807) is 31.4 Å². The first-order valence-corrected chi connectivity index (χ1v) is 4.95. The van der Waals surface area contributed by atoms with E-state index < -0.39 is 0 Å². The minimum atomic E-state index is -0.292. The topological polar surface area (TPSA) is 93.0 Å². The van der Waals surface area contributed by atoms with Crippen LogP contribution in [0.4, 0.5) is 11.5 Å². The zero-order chi connectivity index (χ0) is 12.3. The minimum absolute atomic E-state index is 0.282. The van der Waals surface area contributed by atoms with Crippen molar-refractivity contribution in [3.8, 4) is 5.75 Å². The molecule has 2 aromatic rings. The van der Waals surface area contributed by atoms with Gasteiger partial charge in [-0.3, -0.25) is 9.89 Å². The number of methoxy groups -OCH3 is 1. The zero-order valence-corrected chi connectivity index (χ0v) is 9.23. The summed E-state index contributed by atoms with van der Waals surface area (Å²) in [5.74, 6) is 0.720. The fourth-order valence-electron chi connectivity index (χ4n) is 1.33. The van der Waals surface area contributed by atoms with E-state index in [9.17, 15) is 4.79 Å². The lowest BCUT2D eigenvalue weighted by Crippen LogP contribution is -2.12. The number of nitrogens with one attached hydrogen (secondary N) is 2. The normalized spacial score (nSPS) is 9.94. The number of carbonyl (C=O) groups is 1. The molecular weight excluding hydrogens is 220 g/mol. The molecule has 0 fully saturated rings. The Balaban J connectivity index is 2.07. The standard InChI is InChI=1S/C11H12N4O2/c1-17-8-4-2-7(3-5-8)13-11(16)9-6-10(12)15-14-9/h2-6H,1H3,(H,13,16)(H3,12,14,15). The van der Waals surface area contributed by atoms with Crippen LogP contribution in [0.2, 0.25) is 0 Å². The lowest BCUT2D eigenvalue weighted by molar-refractivity contribution is 0.102. The van der Waals surface area contributed by atoms with Crippen LogP contribution in [0.1, 0.15) is 10.5 Å². The highest BCUT2D eigenvalue weighted by molar-refractivity contribution is 6.03. The number of H-pyrrole nitrogens is 1. The van der Waals surface area contributed by atoms with Crippen LogP contribution in [0.25, 0.3) is 0 Å². The SMILES string of the molecule is COc1ccc(NC(=O)c2cc(N)n[nH]2)cc1. The summed E-state index contributed by atoms with van der Waals surface area (Å²) in [6.45, 7) is 0. The summed E-state index contributed by atoms with van der Waals surface area (Å²) >= 11 is 0. The predicted octanol–water partition coefficient (Wildman–Crippen LogP) is 1.25. The van der Waals surface area contributed by atoms with Gasteiger partial charge in [0, 0.05) is 11.8 Å². The van der Waals surface area contributed by atoms with E-state index in [0.717, 1.165) is 5.75 Å². The van der Waals surface area contributed by atoms with Crippen LogP contribution in [-0.4, -0.2) is 23.2 Å². The lowest BCUT2D eigenvalue weighted by Gasteiger charge is -2.04. The first kappa shape index (κ1) is 11.0. The number of nitrogens with two attached hydrogens (primary N) is 1. The molecule has 1 aromatic heterocycles. The highest BCUT2D eigenvalue weighted by atomic mass is 16.5. The zero-order valence-electron chi connectivity index (χ0n) is 9.23.